The molecule has 0 bridgehead atoms. The molecule has 1 aliphatic heterocycles. The molecular formula is C17H20N4S2. The number of aryl methyl sites for hydroxylation is 1. The summed E-state index contributed by atoms with van der Waals surface area (Å²) in [6.45, 7) is 9.66. The van der Waals surface area contributed by atoms with Gasteiger partial charge in [-0.2, -0.15) is 0 Å². The van der Waals surface area contributed by atoms with E-state index in [2.05, 4.69) is 44.6 Å². The molecular weight excluding hydrogens is 324 g/mol. The number of rotatable bonds is 3. The van der Waals surface area contributed by atoms with Crippen molar-refractivity contribution in [2.75, 3.05) is 37.6 Å². The van der Waals surface area contributed by atoms with E-state index in [1.165, 1.54) is 15.8 Å². The van der Waals surface area contributed by atoms with Gasteiger partial charge in [-0.3, -0.25) is 0 Å². The van der Waals surface area contributed by atoms with Crippen molar-refractivity contribution in [3.8, 4) is 10.4 Å². The van der Waals surface area contributed by atoms with Crippen molar-refractivity contribution in [3.05, 3.63) is 28.7 Å². The summed E-state index contributed by atoms with van der Waals surface area (Å²) in [4.78, 5) is 16.8. The molecule has 3 aromatic heterocycles. The monoisotopic (exact) mass is 344 g/mol. The van der Waals surface area contributed by atoms with E-state index in [1.807, 2.05) is 6.92 Å². The van der Waals surface area contributed by atoms with E-state index in [1.54, 1.807) is 22.7 Å². The minimum Gasteiger partial charge on any atom is -0.353 e. The molecule has 1 aliphatic rings. The summed E-state index contributed by atoms with van der Waals surface area (Å²) in [6.07, 6.45) is 0. The Labute approximate surface area is 144 Å². The predicted molar refractivity (Wildman–Crippen MR) is 99.8 cm³/mol. The standard InChI is InChI=1S/C17H20N4S2/c1-3-20-6-8-21(9-7-20)16-15-13(14-5-4-10-22-14)11-23-17(15)19-12(2)18-16/h4-5,10-11H,3,6-9H2,1-2H3. The van der Waals surface area contributed by atoms with Crippen LogP contribution in [0.5, 0.6) is 0 Å². The third kappa shape index (κ3) is 2.75. The van der Waals surface area contributed by atoms with Gasteiger partial charge in [0.2, 0.25) is 0 Å². The molecule has 4 rings (SSSR count). The lowest BCUT2D eigenvalue weighted by Gasteiger charge is -2.35. The lowest BCUT2D eigenvalue weighted by atomic mass is 10.1. The minimum absolute atomic E-state index is 0.866. The van der Waals surface area contributed by atoms with Crippen molar-refractivity contribution in [2.24, 2.45) is 0 Å². The zero-order valence-corrected chi connectivity index (χ0v) is 15.1. The van der Waals surface area contributed by atoms with E-state index in [0.717, 1.165) is 49.2 Å². The third-order valence-corrected chi connectivity index (χ3v) is 6.21. The Morgan fingerprint density at radius 3 is 2.65 bits per heavy atom. The Kier molecular flexibility index (Phi) is 4.05. The zero-order chi connectivity index (χ0) is 15.8. The van der Waals surface area contributed by atoms with Gasteiger partial charge in [-0.15, -0.1) is 22.7 Å². The SMILES string of the molecule is CCN1CCN(c2nc(C)nc3scc(-c4cccs4)c23)CC1. The molecule has 1 saturated heterocycles. The summed E-state index contributed by atoms with van der Waals surface area (Å²) >= 11 is 3.51. The van der Waals surface area contributed by atoms with Crippen molar-refractivity contribution in [1.29, 1.82) is 0 Å². The molecule has 4 heterocycles. The van der Waals surface area contributed by atoms with Gasteiger partial charge in [0, 0.05) is 42.0 Å². The first-order chi connectivity index (χ1) is 11.3. The fourth-order valence-electron chi connectivity index (χ4n) is 3.15. The van der Waals surface area contributed by atoms with Crippen LogP contribution in [0.1, 0.15) is 12.7 Å². The molecule has 0 aromatic carbocycles. The van der Waals surface area contributed by atoms with Crippen molar-refractivity contribution in [3.63, 3.8) is 0 Å². The Bertz CT molecular complexity index is 801. The topological polar surface area (TPSA) is 32.3 Å². The van der Waals surface area contributed by atoms with Crippen LogP contribution in [0.25, 0.3) is 20.7 Å². The summed E-state index contributed by atoms with van der Waals surface area (Å²) in [6, 6.07) is 4.29. The van der Waals surface area contributed by atoms with Crippen LogP contribution in [0, 0.1) is 6.92 Å². The average molecular weight is 345 g/mol. The highest BCUT2D eigenvalue weighted by Gasteiger charge is 2.22. The molecule has 0 unspecified atom stereocenters. The number of likely N-dealkylation sites (N-methyl/N-ethyl adjacent to an activating group) is 1. The fraction of sp³-hybridized carbons (Fsp3) is 0.412. The van der Waals surface area contributed by atoms with Crippen molar-refractivity contribution < 1.29 is 0 Å². The molecule has 0 radical (unpaired) electrons. The number of nitrogens with zero attached hydrogens (tertiary/aromatic N) is 4. The van der Waals surface area contributed by atoms with Gasteiger partial charge in [-0.1, -0.05) is 13.0 Å². The molecule has 4 nitrogen and oxygen atoms in total. The van der Waals surface area contributed by atoms with E-state index in [9.17, 15) is 0 Å². The quantitative estimate of drug-likeness (QED) is 0.722. The number of hydrogen-bond acceptors (Lipinski definition) is 6. The molecule has 0 aliphatic carbocycles. The maximum absolute atomic E-state index is 4.83. The Morgan fingerprint density at radius 1 is 1.13 bits per heavy atom. The summed E-state index contributed by atoms with van der Waals surface area (Å²) < 4.78 is 0. The first-order valence-electron chi connectivity index (χ1n) is 8.03. The third-order valence-electron chi connectivity index (χ3n) is 4.43. The number of fused-ring (bicyclic) bond motifs is 1. The number of thiophene rings is 2. The van der Waals surface area contributed by atoms with Crippen molar-refractivity contribution in [1.82, 2.24) is 14.9 Å². The van der Waals surface area contributed by atoms with Gasteiger partial charge in [0.25, 0.3) is 0 Å². The molecule has 6 heteroatoms. The summed E-state index contributed by atoms with van der Waals surface area (Å²) in [5, 5.41) is 5.59. The molecule has 0 saturated carbocycles. The van der Waals surface area contributed by atoms with Crippen LogP contribution in [0.4, 0.5) is 5.82 Å². The highest BCUT2D eigenvalue weighted by molar-refractivity contribution is 7.18. The van der Waals surface area contributed by atoms with E-state index < -0.39 is 0 Å². The molecule has 120 valence electrons. The second-order valence-corrected chi connectivity index (χ2v) is 7.63. The van der Waals surface area contributed by atoms with Gasteiger partial charge in [0.1, 0.15) is 16.5 Å². The first kappa shape index (κ1) is 15.1. The maximum Gasteiger partial charge on any atom is 0.141 e. The van der Waals surface area contributed by atoms with Crippen LogP contribution < -0.4 is 4.90 Å². The Balaban J connectivity index is 1.80. The summed E-state index contributed by atoms with van der Waals surface area (Å²) in [5.74, 6) is 1.98. The van der Waals surface area contributed by atoms with E-state index >= 15 is 0 Å². The Hall–Kier alpha value is -1.50. The van der Waals surface area contributed by atoms with Crippen LogP contribution in [0.2, 0.25) is 0 Å². The highest BCUT2D eigenvalue weighted by Crippen LogP contribution is 2.40. The van der Waals surface area contributed by atoms with E-state index in [-0.39, 0.29) is 0 Å². The van der Waals surface area contributed by atoms with Gasteiger partial charge in [0.05, 0.1) is 5.39 Å². The fourth-order valence-corrected chi connectivity index (χ4v) is 4.95. The van der Waals surface area contributed by atoms with Gasteiger partial charge in [0.15, 0.2) is 0 Å². The van der Waals surface area contributed by atoms with Crippen LogP contribution in [-0.4, -0.2) is 47.6 Å². The van der Waals surface area contributed by atoms with Crippen LogP contribution >= 0.6 is 22.7 Å². The summed E-state index contributed by atoms with van der Waals surface area (Å²) in [7, 11) is 0. The summed E-state index contributed by atoms with van der Waals surface area (Å²) in [5.41, 5.74) is 1.29. The number of piperazine rings is 1. The minimum atomic E-state index is 0.866. The number of anilines is 1. The molecule has 3 aromatic rings. The van der Waals surface area contributed by atoms with Crippen LogP contribution in [-0.2, 0) is 0 Å². The molecule has 1 fully saturated rings. The lowest BCUT2D eigenvalue weighted by molar-refractivity contribution is 0.270. The van der Waals surface area contributed by atoms with Crippen LogP contribution in [0.3, 0.4) is 0 Å². The normalized spacial score (nSPS) is 16.3. The highest BCUT2D eigenvalue weighted by atomic mass is 32.1. The first-order valence-corrected chi connectivity index (χ1v) is 9.79. The van der Waals surface area contributed by atoms with Gasteiger partial charge in [-0.25, -0.2) is 9.97 Å². The molecule has 23 heavy (non-hydrogen) atoms. The van der Waals surface area contributed by atoms with E-state index in [0.29, 0.717) is 0 Å². The van der Waals surface area contributed by atoms with Gasteiger partial charge >= 0.3 is 0 Å². The number of aromatic nitrogens is 2. The zero-order valence-electron chi connectivity index (χ0n) is 13.5. The smallest absolute Gasteiger partial charge is 0.141 e. The predicted octanol–water partition coefficient (Wildman–Crippen LogP) is 3.87. The second-order valence-electron chi connectivity index (χ2n) is 5.82. The van der Waals surface area contributed by atoms with Gasteiger partial charge < -0.3 is 9.80 Å². The van der Waals surface area contributed by atoms with Crippen molar-refractivity contribution >= 4 is 38.7 Å². The Morgan fingerprint density at radius 2 is 1.96 bits per heavy atom. The largest absolute Gasteiger partial charge is 0.353 e. The molecule has 0 N–H and O–H groups in total. The maximum atomic E-state index is 4.83. The van der Waals surface area contributed by atoms with Gasteiger partial charge in [-0.05, 0) is 24.9 Å². The molecule has 0 atom stereocenters. The number of hydrogen-bond donors (Lipinski definition) is 0. The van der Waals surface area contributed by atoms with Crippen molar-refractivity contribution in [2.45, 2.75) is 13.8 Å². The second kappa shape index (κ2) is 6.19. The molecule has 0 spiro atoms. The van der Waals surface area contributed by atoms with Crippen LogP contribution in [0.15, 0.2) is 22.9 Å². The average Bonchev–Trinajstić information content (AvgIpc) is 3.23. The lowest BCUT2D eigenvalue weighted by Crippen LogP contribution is -2.46. The molecule has 0 amide bonds. The van der Waals surface area contributed by atoms with E-state index in [4.69, 9.17) is 4.98 Å².